The molecule has 1 aromatic carbocycles. The van der Waals surface area contributed by atoms with Crippen molar-refractivity contribution in [2.24, 2.45) is 0 Å². The summed E-state index contributed by atoms with van der Waals surface area (Å²) in [6.45, 7) is 3.48. The Morgan fingerprint density at radius 2 is 2.00 bits per heavy atom. The molecule has 2 rings (SSSR count). The number of nitriles is 1. The zero-order valence-corrected chi connectivity index (χ0v) is 11.5. The van der Waals surface area contributed by atoms with Crippen molar-refractivity contribution in [1.82, 2.24) is 4.98 Å². The first-order chi connectivity index (χ1) is 9.74. The highest BCUT2D eigenvalue weighted by Crippen LogP contribution is 2.21. The van der Waals surface area contributed by atoms with Crippen molar-refractivity contribution in [2.75, 3.05) is 11.4 Å². The van der Waals surface area contributed by atoms with Crippen molar-refractivity contribution in [2.45, 2.75) is 19.9 Å². The largest absolute Gasteiger partial charge is 0.508 e. The van der Waals surface area contributed by atoms with E-state index in [2.05, 4.69) is 22.9 Å². The summed E-state index contributed by atoms with van der Waals surface area (Å²) in [5.41, 5.74) is 1.26. The van der Waals surface area contributed by atoms with Crippen LogP contribution in [0.5, 0.6) is 5.75 Å². The fourth-order valence-corrected chi connectivity index (χ4v) is 2.06. The smallest absolute Gasteiger partial charge is 0.142 e. The van der Waals surface area contributed by atoms with Crippen LogP contribution in [0.15, 0.2) is 42.5 Å². The molecule has 1 N–H and O–H groups in total. The maximum Gasteiger partial charge on any atom is 0.142 e. The number of benzene rings is 1. The summed E-state index contributed by atoms with van der Waals surface area (Å²) in [5.74, 6) is 1.04. The summed E-state index contributed by atoms with van der Waals surface area (Å²) < 4.78 is 0. The van der Waals surface area contributed by atoms with E-state index in [0.29, 0.717) is 12.2 Å². The molecule has 0 spiro atoms. The van der Waals surface area contributed by atoms with Crippen molar-refractivity contribution in [3.8, 4) is 11.8 Å². The molecular weight excluding hydrogens is 250 g/mol. The SMILES string of the molecule is CCCN(Cc1ccccc1O)c1cccc(C#N)n1. The van der Waals surface area contributed by atoms with Crippen LogP contribution < -0.4 is 4.90 Å². The Hall–Kier alpha value is -2.54. The molecule has 0 fully saturated rings. The number of aromatic hydroxyl groups is 1. The maximum atomic E-state index is 9.88. The van der Waals surface area contributed by atoms with Crippen molar-refractivity contribution < 1.29 is 5.11 Å². The van der Waals surface area contributed by atoms with Crippen LogP contribution in [0.1, 0.15) is 24.6 Å². The lowest BCUT2D eigenvalue weighted by molar-refractivity contribution is 0.467. The number of rotatable bonds is 5. The second-order valence-electron chi connectivity index (χ2n) is 4.54. The van der Waals surface area contributed by atoms with Crippen LogP contribution >= 0.6 is 0 Å². The first-order valence-electron chi connectivity index (χ1n) is 6.63. The third kappa shape index (κ3) is 3.27. The molecule has 4 heteroatoms. The lowest BCUT2D eigenvalue weighted by Gasteiger charge is -2.23. The molecular formula is C16H17N3O. The van der Waals surface area contributed by atoms with Gasteiger partial charge < -0.3 is 10.0 Å². The van der Waals surface area contributed by atoms with E-state index in [-0.39, 0.29) is 5.75 Å². The van der Waals surface area contributed by atoms with Crippen LogP contribution in [0.4, 0.5) is 5.82 Å². The fourth-order valence-electron chi connectivity index (χ4n) is 2.06. The Morgan fingerprint density at radius 1 is 1.20 bits per heavy atom. The van der Waals surface area contributed by atoms with E-state index in [4.69, 9.17) is 5.26 Å². The summed E-state index contributed by atoms with van der Waals surface area (Å²) >= 11 is 0. The summed E-state index contributed by atoms with van der Waals surface area (Å²) in [4.78, 5) is 6.38. The van der Waals surface area contributed by atoms with Gasteiger partial charge in [-0.25, -0.2) is 4.98 Å². The van der Waals surface area contributed by atoms with Crippen molar-refractivity contribution in [3.05, 3.63) is 53.7 Å². The lowest BCUT2D eigenvalue weighted by atomic mass is 10.2. The molecule has 0 bridgehead atoms. The third-order valence-corrected chi connectivity index (χ3v) is 3.02. The van der Waals surface area contributed by atoms with Gasteiger partial charge in [0.25, 0.3) is 0 Å². The molecule has 0 aliphatic heterocycles. The first-order valence-corrected chi connectivity index (χ1v) is 6.63. The second kappa shape index (κ2) is 6.58. The predicted octanol–water partition coefficient (Wildman–Crippen LogP) is 3.08. The van der Waals surface area contributed by atoms with Gasteiger partial charge in [-0.15, -0.1) is 0 Å². The molecule has 20 heavy (non-hydrogen) atoms. The number of anilines is 1. The van der Waals surface area contributed by atoms with Gasteiger partial charge in [0.1, 0.15) is 23.3 Å². The topological polar surface area (TPSA) is 60.1 Å². The number of hydrogen-bond donors (Lipinski definition) is 1. The molecule has 4 nitrogen and oxygen atoms in total. The Balaban J connectivity index is 2.27. The zero-order valence-electron chi connectivity index (χ0n) is 11.5. The number of phenolic OH excluding ortho intramolecular Hbond substituents is 1. The summed E-state index contributed by atoms with van der Waals surface area (Å²) in [6.07, 6.45) is 0.964. The Labute approximate surface area is 118 Å². The van der Waals surface area contributed by atoms with Crippen LogP contribution in [0.3, 0.4) is 0 Å². The summed E-state index contributed by atoms with van der Waals surface area (Å²) in [6, 6.07) is 14.7. The molecule has 0 radical (unpaired) electrons. The Morgan fingerprint density at radius 3 is 2.70 bits per heavy atom. The highest BCUT2D eigenvalue weighted by molar-refractivity contribution is 5.44. The normalized spacial score (nSPS) is 10.0. The number of para-hydroxylation sites is 1. The number of aromatic nitrogens is 1. The quantitative estimate of drug-likeness (QED) is 0.904. The third-order valence-electron chi connectivity index (χ3n) is 3.02. The van der Waals surface area contributed by atoms with Crippen LogP contribution in [0.25, 0.3) is 0 Å². The number of phenols is 1. The minimum Gasteiger partial charge on any atom is -0.508 e. The monoisotopic (exact) mass is 267 g/mol. The van der Waals surface area contributed by atoms with E-state index in [0.717, 1.165) is 24.3 Å². The van der Waals surface area contributed by atoms with Crippen molar-refractivity contribution in [1.29, 1.82) is 5.26 Å². The minimum atomic E-state index is 0.282. The first kappa shape index (κ1) is 13.9. The molecule has 1 heterocycles. The van der Waals surface area contributed by atoms with Gasteiger partial charge >= 0.3 is 0 Å². The lowest BCUT2D eigenvalue weighted by Crippen LogP contribution is -2.24. The Kier molecular flexibility index (Phi) is 4.56. The second-order valence-corrected chi connectivity index (χ2v) is 4.54. The number of pyridine rings is 1. The minimum absolute atomic E-state index is 0.282. The van der Waals surface area contributed by atoms with E-state index in [9.17, 15) is 5.11 Å². The van der Waals surface area contributed by atoms with Gasteiger partial charge in [-0.05, 0) is 24.6 Å². The highest BCUT2D eigenvalue weighted by atomic mass is 16.3. The van der Waals surface area contributed by atoms with Gasteiger partial charge in [0.2, 0.25) is 0 Å². The van der Waals surface area contributed by atoms with Crippen LogP contribution in [-0.2, 0) is 6.54 Å². The summed E-state index contributed by atoms with van der Waals surface area (Å²) in [7, 11) is 0. The Bertz CT molecular complexity index is 619. The summed E-state index contributed by atoms with van der Waals surface area (Å²) in [5, 5.41) is 18.8. The molecule has 2 aromatic rings. The highest BCUT2D eigenvalue weighted by Gasteiger charge is 2.10. The molecule has 0 atom stereocenters. The van der Waals surface area contributed by atoms with Crippen molar-refractivity contribution in [3.63, 3.8) is 0 Å². The number of hydrogen-bond acceptors (Lipinski definition) is 4. The molecule has 102 valence electrons. The predicted molar refractivity (Wildman–Crippen MR) is 78.4 cm³/mol. The van der Waals surface area contributed by atoms with E-state index in [1.165, 1.54) is 0 Å². The fraction of sp³-hybridized carbons (Fsp3) is 0.250. The van der Waals surface area contributed by atoms with Gasteiger partial charge in [0.05, 0.1) is 0 Å². The van der Waals surface area contributed by atoms with Crippen LogP contribution in [0, 0.1) is 11.3 Å². The van der Waals surface area contributed by atoms with Gasteiger partial charge in [-0.1, -0.05) is 31.2 Å². The van der Waals surface area contributed by atoms with E-state index in [1.807, 2.05) is 24.3 Å². The van der Waals surface area contributed by atoms with Crippen molar-refractivity contribution >= 4 is 5.82 Å². The zero-order chi connectivity index (χ0) is 14.4. The molecule has 0 aliphatic rings. The van der Waals surface area contributed by atoms with Gasteiger partial charge in [-0.3, -0.25) is 0 Å². The average molecular weight is 267 g/mol. The van der Waals surface area contributed by atoms with Gasteiger partial charge in [0.15, 0.2) is 0 Å². The standard InChI is InChI=1S/C16H17N3O/c1-2-10-19(12-13-6-3-4-8-15(13)20)16-9-5-7-14(11-17)18-16/h3-9,20H,2,10,12H2,1H3. The van der Waals surface area contributed by atoms with Crippen LogP contribution in [0.2, 0.25) is 0 Å². The number of nitrogens with zero attached hydrogens (tertiary/aromatic N) is 3. The van der Waals surface area contributed by atoms with E-state index in [1.54, 1.807) is 18.2 Å². The molecule has 1 aromatic heterocycles. The maximum absolute atomic E-state index is 9.88. The van der Waals surface area contributed by atoms with E-state index < -0.39 is 0 Å². The van der Waals surface area contributed by atoms with Gasteiger partial charge in [-0.2, -0.15) is 5.26 Å². The van der Waals surface area contributed by atoms with E-state index >= 15 is 0 Å². The average Bonchev–Trinajstić information content (AvgIpc) is 2.49. The molecule has 0 amide bonds. The molecule has 0 unspecified atom stereocenters. The van der Waals surface area contributed by atoms with Gasteiger partial charge in [0, 0.05) is 18.7 Å². The molecule has 0 saturated heterocycles. The molecule has 0 aliphatic carbocycles. The van der Waals surface area contributed by atoms with Crippen LogP contribution in [-0.4, -0.2) is 16.6 Å². The molecule has 0 saturated carbocycles.